The van der Waals surface area contributed by atoms with Gasteiger partial charge in [0.25, 0.3) is 5.91 Å². The molecular formula is C25H24N6O2S. The Hall–Kier alpha value is -3.98. The van der Waals surface area contributed by atoms with Gasteiger partial charge in [-0.05, 0) is 40.6 Å². The Balaban J connectivity index is 1.36. The predicted molar refractivity (Wildman–Crippen MR) is 131 cm³/mol. The van der Waals surface area contributed by atoms with E-state index in [0.29, 0.717) is 23.0 Å². The summed E-state index contributed by atoms with van der Waals surface area (Å²) in [6.45, 7) is 2.44. The molecule has 9 heteroatoms. The van der Waals surface area contributed by atoms with Crippen LogP contribution in [0.25, 0.3) is 0 Å². The van der Waals surface area contributed by atoms with Crippen molar-refractivity contribution in [2.75, 3.05) is 11.1 Å². The molecule has 34 heavy (non-hydrogen) atoms. The van der Waals surface area contributed by atoms with Crippen LogP contribution in [0.5, 0.6) is 0 Å². The van der Waals surface area contributed by atoms with Crippen molar-refractivity contribution in [3.05, 3.63) is 102 Å². The number of aromatic nitrogens is 4. The van der Waals surface area contributed by atoms with Gasteiger partial charge in [-0.2, -0.15) is 0 Å². The Morgan fingerprint density at radius 1 is 0.941 bits per heavy atom. The van der Waals surface area contributed by atoms with Gasteiger partial charge in [-0.15, -0.1) is 5.10 Å². The number of hydrogen-bond acceptors (Lipinski definition) is 6. The smallest absolute Gasteiger partial charge is 0.253 e. The van der Waals surface area contributed by atoms with Gasteiger partial charge in [-0.1, -0.05) is 84.6 Å². The second-order valence-electron chi connectivity index (χ2n) is 7.59. The van der Waals surface area contributed by atoms with Gasteiger partial charge in [-0.25, -0.2) is 4.68 Å². The van der Waals surface area contributed by atoms with Crippen molar-refractivity contribution >= 4 is 29.3 Å². The van der Waals surface area contributed by atoms with Crippen LogP contribution in [0, 0.1) is 0 Å². The van der Waals surface area contributed by atoms with E-state index in [9.17, 15) is 9.59 Å². The second-order valence-corrected chi connectivity index (χ2v) is 8.54. The number of anilines is 1. The number of thioether (sulfide) groups is 1. The van der Waals surface area contributed by atoms with Gasteiger partial charge in [-0.3, -0.25) is 9.59 Å². The summed E-state index contributed by atoms with van der Waals surface area (Å²) in [6, 6.07) is 26.3. The Bertz CT molecular complexity index is 1250. The topological polar surface area (TPSA) is 102 Å². The third kappa shape index (κ3) is 6.08. The molecule has 0 aliphatic rings. The van der Waals surface area contributed by atoms with E-state index in [0.717, 1.165) is 11.1 Å². The summed E-state index contributed by atoms with van der Waals surface area (Å²) in [5.74, 6) is -0.409. The van der Waals surface area contributed by atoms with Gasteiger partial charge in [0.1, 0.15) is 0 Å². The van der Waals surface area contributed by atoms with E-state index in [4.69, 9.17) is 0 Å². The van der Waals surface area contributed by atoms with Crippen molar-refractivity contribution in [2.24, 2.45) is 0 Å². The standard InChI is InChI=1S/C25H24N6O2S/c1-18(20-12-6-3-7-13-20)26-24(33)21-14-8-9-15-22(21)27-23(32)17-34-25-28-29-30-31(25)16-19-10-4-2-5-11-19/h2-15,18H,16-17H2,1H3,(H,26,33)(H,27,32)/t18-/m0/s1. The van der Waals surface area contributed by atoms with Gasteiger partial charge in [0, 0.05) is 0 Å². The molecule has 2 amide bonds. The lowest BCUT2D eigenvalue weighted by atomic mass is 10.1. The highest BCUT2D eigenvalue weighted by Crippen LogP contribution is 2.20. The molecule has 0 aliphatic heterocycles. The summed E-state index contributed by atoms with van der Waals surface area (Å²) in [4.78, 5) is 25.6. The fourth-order valence-electron chi connectivity index (χ4n) is 3.36. The molecule has 1 heterocycles. The van der Waals surface area contributed by atoms with Crippen LogP contribution in [0.15, 0.2) is 90.1 Å². The van der Waals surface area contributed by atoms with E-state index < -0.39 is 0 Å². The fraction of sp³-hybridized carbons (Fsp3) is 0.160. The van der Waals surface area contributed by atoms with Crippen molar-refractivity contribution in [3.8, 4) is 0 Å². The number of benzene rings is 3. The van der Waals surface area contributed by atoms with Crippen molar-refractivity contribution in [3.63, 3.8) is 0 Å². The third-order valence-corrected chi connectivity index (χ3v) is 6.06. The molecule has 0 bridgehead atoms. The Morgan fingerprint density at radius 2 is 1.62 bits per heavy atom. The molecule has 172 valence electrons. The molecule has 0 saturated heterocycles. The van der Waals surface area contributed by atoms with Crippen LogP contribution in [0.1, 0.15) is 34.5 Å². The maximum atomic E-state index is 12.9. The van der Waals surface area contributed by atoms with Crippen LogP contribution in [0.4, 0.5) is 5.69 Å². The summed E-state index contributed by atoms with van der Waals surface area (Å²) in [5.41, 5.74) is 2.92. The quantitative estimate of drug-likeness (QED) is 0.358. The van der Waals surface area contributed by atoms with Crippen molar-refractivity contribution in [1.29, 1.82) is 0 Å². The molecule has 8 nitrogen and oxygen atoms in total. The largest absolute Gasteiger partial charge is 0.345 e. The van der Waals surface area contributed by atoms with Crippen LogP contribution in [-0.4, -0.2) is 37.8 Å². The Kier molecular flexibility index (Phi) is 7.67. The summed E-state index contributed by atoms with van der Waals surface area (Å²) in [7, 11) is 0. The van der Waals surface area contributed by atoms with E-state index >= 15 is 0 Å². The Morgan fingerprint density at radius 3 is 2.38 bits per heavy atom. The molecular weight excluding hydrogens is 448 g/mol. The number of carbonyl (C=O) groups is 2. The zero-order chi connectivity index (χ0) is 23.8. The van der Waals surface area contributed by atoms with Gasteiger partial charge >= 0.3 is 0 Å². The predicted octanol–water partition coefficient (Wildman–Crippen LogP) is 3.94. The maximum Gasteiger partial charge on any atom is 0.253 e. The average molecular weight is 473 g/mol. The molecule has 3 aromatic carbocycles. The summed E-state index contributed by atoms with van der Waals surface area (Å²) in [6.07, 6.45) is 0. The number of para-hydroxylation sites is 1. The number of rotatable bonds is 9. The molecule has 0 saturated carbocycles. The van der Waals surface area contributed by atoms with Gasteiger partial charge in [0.05, 0.1) is 29.6 Å². The minimum atomic E-state index is -0.258. The SMILES string of the molecule is C[C@H](NC(=O)c1ccccc1NC(=O)CSc1nnnn1Cc1ccccc1)c1ccccc1. The lowest BCUT2D eigenvalue weighted by Crippen LogP contribution is -2.28. The van der Waals surface area contributed by atoms with Crippen LogP contribution >= 0.6 is 11.8 Å². The van der Waals surface area contributed by atoms with Gasteiger partial charge in [0.15, 0.2) is 0 Å². The summed E-state index contributed by atoms with van der Waals surface area (Å²) < 4.78 is 1.65. The first-order valence-corrected chi connectivity index (χ1v) is 11.8. The zero-order valence-corrected chi connectivity index (χ0v) is 19.4. The summed E-state index contributed by atoms with van der Waals surface area (Å²) in [5, 5.41) is 18.1. The van der Waals surface area contributed by atoms with Crippen LogP contribution in [0.3, 0.4) is 0 Å². The molecule has 0 fully saturated rings. The number of nitrogens with one attached hydrogen (secondary N) is 2. The molecule has 4 aromatic rings. The average Bonchev–Trinajstić information content (AvgIpc) is 3.31. The van der Waals surface area contributed by atoms with E-state index in [1.165, 1.54) is 11.8 Å². The van der Waals surface area contributed by atoms with Crippen LogP contribution in [0.2, 0.25) is 0 Å². The molecule has 0 aliphatic carbocycles. The zero-order valence-electron chi connectivity index (χ0n) is 18.6. The normalized spacial score (nSPS) is 11.6. The monoisotopic (exact) mass is 472 g/mol. The molecule has 0 unspecified atom stereocenters. The van der Waals surface area contributed by atoms with Crippen molar-refractivity contribution in [2.45, 2.75) is 24.7 Å². The number of tetrazole rings is 1. The molecule has 1 aromatic heterocycles. The summed E-state index contributed by atoms with van der Waals surface area (Å²) >= 11 is 1.24. The highest BCUT2D eigenvalue weighted by Gasteiger charge is 2.17. The van der Waals surface area contributed by atoms with Crippen molar-refractivity contribution < 1.29 is 9.59 Å². The van der Waals surface area contributed by atoms with Crippen LogP contribution < -0.4 is 10.6 Å². The molecule has 0 spiro atoms. The first-order chi connectivity index (χ1) is 16.6. The minimum absolute atomic E-state index is 0.103. The minimum Gasteiger partial charge on any atom is -0.345 e. The fourth-order valence-corrected chi connectivity index (χ4v) is 4.04. The van der Waals surface area contributed by atoms with Crippen LogP contribution in [-0.2, 0) is 11.3 Å². The van der Waals surface area contributed by atoms with Crippen molar-refractivity contribution in [1.82, 2.24) is 25.5 Å². The van der Waals surface area contributed by atoms with Gasteiger partial charge < -0.3 is 10.6 Å². The molecule has 1 atom stereocenters. The first-order valence-electron chi connectivity index (χ1n) is 10.8. The number of nitrogens with zero attached hydrogens (tertiary/aromatic N) is 4. The number of carbonyl (C=O) groups excluding carboxylic acids is 2. The third-order valence-electron chi connectivity index (χ3n) is 5.10. The lowest BCUT2D eigenvalue weighted by Gasteiger charge is -2.16. The second kappa shape index (κ2) is 11.2. The van der Waals surface area contributed by atoms with Gasteiger partial charge in [0.2, 0.25) is 11.1 Å². The molecule has 4 rings (SSSR count). The lowest BCUT2D eigenvalue weighted by molar-refractivity contribution is -0.113. The highest BCUT2D eigenvalue weighted by molar-refractivity contribution is 7.99. The molecule has 0 radical (unpaired) electrons. The van der Waals surface area contributed by atoms with E-state index in [-0.39, 0.29) is 23.6 Å². The highest BCUT2D eigenvalue weighted by atomic mass is 32.2. The number of amides is 2. The number of hydrogen-bond donors (Lipinski definition) is 2. The maximum absolute atomic E-state index is 12.9. The van der Waals surface area contributed by atoms with E-state index in [1.807, 2.05) is 67.6 Å². The molecule has 2 N–H and O–H groups in total. The first kappa shape index (κ1) is 23.2. The van der Waals surface area contributed by atoms with E-state index in [2.05, 4.69) is 26.2 Å². The Labute approximate surface area is 201 Å². The van der Waals surface area contributed by atoms with E-state index in [1.54, 1.807) is 28.9 Å².